The number of hydrogen-bond acceptors (Lipinski definition) is 7. The van der Waals surface area contributed by atoms with Crippen LogP contribution in [0.15, 0.2) is 112 Å². The number of hydrogen-bond donors (Lipinski definition) is 0. The van der Waals surface area contributed by atoms with Crippen molar-refractivity contribution in [2.75, 3.05) is 11.3 Å². The van der Waals surface area contributed by atoms with Gasteiger partial charge in [-0.25, -0.2) is 0 Å². The molecule has 2 saturated heterocycles. The Hall–Kier alpha value is -3.46. The molecule has 7 nitrogen and oxygen atoms in total. The standard InChI is InChI=1S/C41H46NO6PSi/c1-40(2,3)50(6,7)43-26-34-37(38-39(44-34)46-41(4,5)45-38)42(25-27-15-9-8-10-16-27)49-47-32-23-21-28-17-11-13-19-30(28)35(32)36-31-20-14-12-18-29(31)22-24-33(36)48-49/h8-24,34,37-39H,25-26H2,1-7H3/t34-,37-,38-,39-/m1/s1. The summed E-state index contributed by atoms with van der Waals surface area (Å²) >= 11 is 0. The second-order valence-electron chi connectivity index (χ2n) is 15.5. The Bertz CT molecular complexity index is 2130. The third-order valence-corrected chi connectivity index (χ3v) is 16.7. The van der Waals surface area contributed by atoms with E-state index in [1.54, 1.807) is 0 Å². The molecule has 50 heavy (non-hydrogen) atoms. The molecule has 0 radical (unpaired) electrons. The summed E-state index contributed by atoms with van der Waals surface area (Å²) in [5.74, 6) is -0.799. The van der Waals surface area contributed by atoms with Crippen LogP contribution < -0.4 is 4.67 Å². The summed E-state index contributed by atoms with van der Waals surface area (Å²) in [5.41, 5.74) is 2.71. The van der Waals surface area contributed by atoms with Gasteiger partial charge in [-0.05, 0) is 71.2 Å². The minimum absolute atomic E-state index is 0.0479. The van der Waals surface area contributed by atoms with Gasteiger partial charge in [0.05, 0.1) is 12.6 Å². The molecule has 0 bridgehead atoms. The minimum atomic E-state index is -2.11. The highest BCUT2D eigenvalue weighted by molar-refractivity contribution is 7.39. The van der Waals surface area contributed by atoms with Crippen LogP contribution in [-0.4, -0.2) is 45.3 Å². The van der Waals surface area contributed by atoms with Crippen molar-refractivity contribution in [1.29, 1.82) is 0 Å². The first-order chi connectivity index (χ1) is 23.9. The number of rotatable bonds is 7. The first kappa shape index (κ1) is 33.7. The highest BCUT2D eigenvalue weighted by Gasteiger charge is 2.58. The van der Waals surface area contributed by atoms with Crippen molar-refractivity contribution in [3.05, 3.63) is 109 Å². The summed E-state index contributed by atoms with van der Waals surface area (Å²) in [4.78, 5) is 0. The predicted molar refractivity (Wildman–Crippen MR) is 205 cm³/mol. The zero-order chi connectivity index (χ0) is 34.8. The Morgan fingerprint density at radius 2 is 1.30 bits per heavy atom. The third kappa shape index (κ3) is 6.11. The van der Waals surface area contributed by atoms with E-state index >= 15 is 0 Å². The smallest absolute Gasteiger partial charge is 0.310 e. The van der Waals surface area contributed by atoms with Gasteiger partial charge in [0.2, 0.25) is 0 Å². The van der Waals surface area contributed by atoms with Crippen molar-refractivity contribution in [2.24, 2.45) is 0 Å². The van der Waals surface area contributed by atoms with E-state index in [4.69, 9.17) is 27.0 Å². The van der Waals surface area contributed by atoms with E-state index in [1.807, 2.05) is 19.9 Å². The Kier molecular flexibility index (Phi) is 8.51. The van der Waals surface area contributed by atoms with E-state index in [2.05, 4.69) is 136 Å². The fraction of sp³-hybridized carbons (Fsp3) is 0.366. The van der Waals surface area contributed by atoms with Gasteiger partial charge in [0.15, 0.2) is 20.4 Å². The Labute approximate surface area is 295 Å². The van der Waals surface area contributed by atoms with E-state index in [0.29, 0.717) is 13.2 Å². The number of nitrogens with zero attached hydrogens (tertiary/aromatic N) is 1. The normalized spacial score (nSPS) is 22.2. The molecule has 0 aliphatic carbocycles. The van der Waals surface area contributed by atoms with Crippen LogP contribution in [0.25, 0.3) is 43.5 Å². The van der Waals surface area contributed by atoms with Gasteiger partial charge < -0.3 is 27.0 Å². The molecule has 0 amide bonds. The summed E-state index contributed by atoms with van der Waals surface area (Å²) in [6.45, 7) is 16.2. The minimum Gasteiger partial charge on any atom is -0.414 e. The predicted octanol–water partition coefficient (Wildman–Crippen LogP) is 11.0. The molecule has 0 unspecified atom stereocenters. The van der Waals surface area contributed by atoms with E-state index in [9.17, 15) is 0 Å². The molecule has 5 aromatic carbocycles. The molecular weight excluding hydrogens is 662 g/mol. The fourth-order valence-corrected chi connectivity index (χ4v) is 9.75. The summed E-state index contributed by atoms with van der Waals surface area (Å²) in [6, 6.07) is 35.6. The summed E-state index contributed by atoms with van der Waals surface area (Å²) < 4.78 is 43.3. The second-order valence-corrected chi connectivity index (χ2v) is 21.7. The Balaban J connectivity index is 1.37. The van der Waals surface area contributed by atoms with Crippen molar-refractivity contribution >= 4 is 60.0 Å². The number of fused-ring (bicyclic) bond motifs is 8. The first-order valence-electron chi connectivity index (χ1n) is 17.5. The van der Waals surface area contributed by atoms with Gasteiger partial charge >= 0.3 is 8.16 Å². The molecule has 8 rings (SSSR count). The third-order valence-electron chi connectivity index (χ3n) is 10.7. The molecule has 0 saturated carbocycles. The molecule has 2 aliphatic heterocycles. The van der Waals surface area contributed by atoms with E-state index in [1.165, 1.54) is 0 Å². The Morgan fingerprint density at radius 1 is 0.740 bits per heavy atom. The van der Waals surface area contributed by atoms with Gasteiger partial charge in [-0.2, -0.15) is 4.67 Å². The van der Waals surface area contributed by atoms with Gasteiger partial charge in [-0.15, -0.1) is 0 Å². The maximum absolute atomic E-state index is 7.18. The van der Waals surface area contributed by atoms with E-state index in [0.717, 1.165) is 49.0 Å². The van der Waals surface area contributed by atoms with Crippen LogP contribution in [0.4, 0.5) is 0 Å². The second kappa shape index (κ2) is 12.6. The number of ether oxygens (including phenoxy) is 3. The number of benzene rings is 5. The van der Waals surface area contributed by atoms with Gasteiger partial charge in [-0.3, -0.25) is 0 Å². The van der Waals surface area contributed by atoms with Crippen LogP contribution in [0.3, 0.4) is 0 Å². The van der Waals surface area contributed by atoms with Gasteiger partial charge in [0.1, 0.15) is 23.4 Å². The zero-order valence-corrected chi connectivity index (χ0v) is 31.8. The lowest BCUT2D eigenvalue weighted by molar-refractivity contribution is -0.208. The maximum Gasteiger partial charge on any atom is 0.310 e. The lowest BCUT2D eigenvalue weighted by Crippen LogP contribution is -2.50. The molecule has 4 atom stereocenters. The quantitative estimate of drug-likeness (QED) is 0.153. The monoisotopic (exact) mass is 707 g/mol. The lowest BCUT2D eigenvalue weighted by atomic mass is 9.99. The highest BCUT2D eigenvalue weighted by atomic mass is 31.1. The molecular formula is C41H46NO6PSi. The van der Waals surface area contributed by atoms with Crippen molar-refractivity contribution < 1.29 is 27.0 Å². The average Bonchev–Trinajstić information content (AvgIpc) is 3.49. The lowest BCUT2D eigenvalue weighted by Gasteiger charge is -2.38. The fourth-order valence-electron chi connectivity index (χ4n) is 7.07. The van der Waals surface area contributed by atoms with Crippen LogP contribution in [0.1, 0.15) is 40.2 Å². The molecule has 3 heterocycles. The van der Waals surface area contributed by atoms with Crippen molar-refractivity contribution in [3.63, 3.8) is 0 Å². The largest absolute Gasteiger partial charge is 0.414 e. The van der Waals surface area contributed by atoms with Gasteiger partial charge in [0, 0.05) is 17.3 Å². The molecule has 0 spiro atoms. The molecule has 2 fully saturated rings. The summed E-state index contributed by atoms with van der Waals surface area (Å²) in [6.07, 6.45) is -1.27. The molecule has 0 N–H and O–H groups in total. The van der Waals surface area contributed by atoms with Crippen LogP contribution >= 0.6 is 8.16 Å². The van der Waals surface area contributed by atoms with Crippen molar-refractivity contribution in [1.82, 2.24) is 0 Å². The molecule has 9 heteroatoms. The van der Waals surface area contributed by atoms with E-state index < -0.39 is 28.6 Å². The summed E-state index contributed by atoms with van der Waals surface area (Å²) in [7, 11) is -3.86. The van der Waals surface area contributed by atoms with Gasteiger partial charge in [0.25, 0.3) is 0 Å². The first-order valence-corrected chi connectivity index (χ1v) is 21.6. The highest BCUT2D eigenvalue weighted by Crippen LogP contribution is 2.48. The van der Waals surface area contributed by atoms with Gasteiger partial charge in [-0.1, -0.05) is 112 Å². The molecule has 1 aromatic heterocycles. The average molecular weight is 708 g/mol. The van der Waals surface area contributed by atoms with Crippen LogP contribution in [0.5, 0.6) is 0 Å². The maximum atomic E-state index is 7.18. The summed E-state index contributed by atoms with van der Waals surface area (Å²) in [5, 5.41) is 6.67. The molecule has 260 valence electrons. The van der Waals surface area contributed by atoms with E-state index in [-0.39, 0.29) is 23.3 Å². The van der Waals surface area contributed by atoms with Crippen molar-refractivity contribution in [3.8, 4) is 0 Å². The van der Waals surface area contributed by atoms with Crippen molar-refractivity contribution in [2.45, 2.75) is 89.6 Å². The molecule has 6 aromatic rings. The Morgan fingerprint density at radius 3 is 1.88 bits per heavy atom. The molecule has 2 aliphatic rings. The van der Waals surface area contributed by atoms with Crippen LogP contribution in [0, 0.1) is 0 Å². The van der Waals surface area contributed by atoms with Crippen LogP contribution in [-0.2, 0) is 25.2 Å². The topological polar surface area (TPSA) is 66.4 Å². The van der Waals surface area contributed by atoms with Crippen LogP contribution in [0.2, 0.25) is 18.1 Å². The SMILES string of the molecule is CC1(C)O[C@H]2O[C@H](CO[Si](C)(C)C(C)(C)C)[C@@H](N(Cc3ccccc3)p3oc4ccc5ccccc5c4c4c(ccc5ccccc54)o3)[C@H]2O1. The zero-order valence-electron chi connectivity index (χ0n) is 29.9.